The van der Waals surface area contributed by atoms with Crippen molar-refractivity contribution in [3.8, 4) is 0 Å². The highest BCUT2D eigenvalue weighted by Gasteiger charge is 2.17. The molecular weight excluding hydrogens is 202 g/mol. The number of rotatable bonds is 4. The minimum Gasteiger partial charge on any atom is -0.481 e. The van der Waals surface area contributed by atoms with Crippen LogP contribution in [0, 0.1) is 0 Å². The molecule has 0 aromatic heterocycles. The number of likely N-dealkylation sites (N-methyl/N-ethyl adjacent to an activating group) is 1. The lowest BCUT2D eigenvalue weighted by Gasteiger charge is -2.25. The van der Waals surface area contributed by atoms with Gasteiger partial charge in [-0.05, 0) is 0 Å². The van der Waals surface area contributed by atoms with Crippen molar-refractivity contribution in [3.63, 3.8) is 0 Å². The van der Waals surface area contributed by atoms with Crippen molar-refractivity contribution in [2.75, 3.05) is 27.7 Å². The molecule has 0 aromatic rings. The third kappa shape index (κ3) is 24.6. The molecule has 6 nitrogen and oxygen atoms in total. The van der Waals surface area contributed by atoms with Crippen LogP contribution in [0.15, 0.2) is 0 Å². The summed E-state index contributed by atoms with van der Waals surface area (Å²) in [6.45, 7) is 1.55. The second-order valence-corrected chi connectivity index (χ2v) is 4.24. The monoisotopic (exact) mass is 222 g/mol. The van der Waals surface area contributed by atoms with Crippen molar-refractivity contribution in [3.05, 3.63) is 0 Å². The molecule has 0 radical (unpaired) electrons. The Bertz CT molecular complexity index is 205. The van der Waals surface area contributed by atoms with Gasteiger partial charge in [-0.2, -0.15) is 0 Å². The van der Waals surface area contributed by atoms with E-state index in [-0.39, 0.29) is 6.42 Å². The number of aliphatic hydroxyl groups is 1. The smallest absolute Gasteiger partial charge is 0.306 e. The Morgan fingerprint density at radius 3 is 1.73 bits per heavy atom. The van der Waals surface area contributed by atoms with Crippen molar-refractivity contribution in [1.29, 1.82) is 0 Å². The number of carbonyl (C=O) groups is 2. The van der Waals surface area contributed by atoms with Crippen LogP contribution in [-0.4, -0.2) is 65.5 Å². The van der Waals surface area contributed by atoms with Gasteiger partial charge in [-0.15, -0.1) is 0 Å². The highest BCUT2D eigenvalue weighted by atomic mass is 16.4. The van der Waals surface area contributed by atoms with Crippen LogP contribution in [0.5, 0.6) is 0 Å². The Morgan fingerprint density at radius 1 is 1.20 bits per heavy atom. The van der Waals surface area contributed by atoms with Crippen LogP contribution in [0.2, 0.25) is 0 Å². The summed E-state index contributed by atoms with van der Waals surface area (Å²) < 4.78 is 0.578. The number of carboxylic acids is 2. The molecule has 0 unspecified atom stereocenters. The van der Waals surface area contributed by atoms with Crippen molar-refractivity contribution in [2.24, 2.45) is 0 Å². The summed E-state index contributed by atoms with van der Waals surface area (Å²) in [6.07, 6.45) is -0.914. The Hall–Kier alpha value is -1.14. The summed E-state index contributed by atoms with van der Waals surface area (Å²) in [5.41, 5.74) is 0. The maximum Gasteiger partial charge on any atom is 0.306 e. The second-order valence-electron chi connectivity index (χ2n) is 4.24. The first-order chi connectivity index (χ1) is 6.54. The summed E-state index contributed by atoms with van der Waals surface area (Å²) in [5, 5.41) is 24.9. The lowest BCUT2D eigenvalue weighted by molar-refractivity contribution is -0.873. The molecule has 0 aliphatic rings. The van der Waals surface area contributed by atoms with Gasteiger partial charge < -0.3 is 19.8 Å². The fraction of sp³-hybridized carbons (Fsp3) is 0.778. The van der Waals surface area contributed by atoms with Gasteiger partial charge in [-0.1, -0.05) is 0 Å². The quantitative estimate of drug-likeness (QED) is 0.563. The summed E-state index contributed by atoms with van der Waals surface area (Å²) in [7, 11) is 5.72. The first-order valence-corrected chi connectivity index (χ1v) is 4.44. The average Bonchev–Trinajstić information content (AvgIpc) is 1.76. The molecule has 0 saturated heterocycles. The van der Waals surface area contributed by atoms with Crippen LogP contribution in [0.3, 0.4) is 0 Å². The number of quaternary nitrogens is 1. The topological polar surface area (TPSA) is 94.8 Å². The molecule has 90 valence electrons. The van der Waals surface area contributed by atoms with Gasteiger partial charge in [-0.3, -0.25) is 9.59 Å². The zero-order valence-electron chi connectivity index (χ0n) is 9.60. The first-order valence-electron chi connectivity index (χ1n) is 4.44. The second kappa shape index (κ2) is 7.19. The van der Waals surface area contributed by atoms with Gasteiger partial charge in [0, 0.05) is 6.92 Å². The molecule has 3 N–H and O–H groups in total. The predicted molar refractivity (Wildman–Crippen MR) is 54.5 cm³/mol. The summed E-state index contributed by atoms with van der Waals surface area (Å²) in [6, 6.07) is 0. The van der Waals surface area contributed by atoms with E-state index < -0.39 is 18.0 Å². The zero-order valence-corrected chi connectivity index (χ0v) is 9.60. The molecular formula is C9H20NO5+. The molecule has 0 heterocycles. The number of aliphatic hydroxyl groups excluding tert-OH is 1. The molecule has 0 fully saturated rings. The van der Waals surface area contributed by atoms with Crippen LogP contribution in [0.1, 0.15) is 13.3 Å². The Balaban J connectivity index is 0. The fourth-order valence-electron chi connectivity index (χ4n) is 0.898. The van der Waals surface area contributed by atoms with Gasteiger partial charge in [-0.25, -0.2) is 0 Å². The number of hydrogen-bond donors (Lipinski definition) is 3. The van der Waals surface area contributed by atoms with Gasteiger partial charge in [0.1, 0.15) is 12.6 Å². The lowest BCUT2D eigenvalue weighted by Crippen LogP contribution is -2.42. The molecule has 0 bridgehead atoms. The molecule has 15 heavy (non-hydrogen) atoms. The Labute approximate surface area is 89.3 Å². The molecule has 0 aliphatic heterocycles. The molecule has 0 rings (SSSR count). The number of aliphatic carboxylic acids is 2. The maximum atomic E-state index is 10.1. The van der Waals surface area contributed by atoms with Gasteiger partial charge >= 0.3 is 5.97 Å². The third-order valence-corrected chi connectivity index (χ3v) is 1.17. The minimum atomic E-state index is -0.953. The van der Waals surface area contributed by atoms with Gasteiger partial charge in [0.15, 0.2) is 0 Å². The SMILES string of the molecule is CC(=O)O.C[N+](C)(C)C[C@H](O)CC(=O)O. The maximum absolute atomic E-state index is 10.1. The van der Waals surface area contributed by atoms with Crippen molar-refractivity contribution in [1.82, 2.24) is 0 Å². The lowest BCUT2D eigenvalue weighted by atomic mass is 10.2. The molecule has 0 spiro atoms. The van der Waals surface area contributed by atoms with E-state index in [4.69, 9.17) is 20.1 Å². The standard InChI is InChI=1S/C7H15NO3.C2H4O2/c1-8(2,3)5-6(9)4-7(10)11;1-2(3)4/h6,9H,4-5H2,1-3H3;1H3,(H,3,4)/p+1/t6-;/m1./s1. The highest BCUT2D eigenvalue weighted by molar-refractivity contribution is 5.67. The number of carboxylic acid groups (broad SMARTS) is 2. The van der Waals surface area contributed by atoms with Gasteiger partial charge in [0.05, 0.1) is 27.6 Å². The number of hydrogen-bond acceptors (Lipinski definition) is 3. The Morgan fingerprint density at radius 2 is 1.53 bits per heavy atom. The summed E-state index contributed by atoms with van der Waals surface area (Å²) in [5.74, 6) is -1.79. The molecule has 0 aliphatic carbocycles. The van der Waals surface area contributed by atoms with E-state index in [0.717, 1.165) is 6.92 Å². The first kappa shape index (κ1) is 16.3. The number of nitrogens with zero attached hydrogens (tertiary/aromatic N) is 1. The van der Waals surface area contributed by atoms with E-state index in [9.17, 15) is 4.79 Å². The van der Waals surface area contributed by atoms with E-state index in [1.165, 1.54) is 0 Å². The molecule has 0 saturated carbocycles. The van der Waals surface area contributed by atoms with Gasteiger partial charge in [0.25, 0.3) is 5.97 Å². The average molecular weight is 222 g/mol. The van der Waals surface area contributed by atoms with Crippen molar-refractivity contribution >= 4 is 11.9 Å². The van der Waals surface area contributed by atoms with E-state index in [2.05, 4.69) is 0 Å². The zero-order chi connectivity index (χ0) is 12.6. The normalized spacial score (nSPS) is 12.3. The van der Waals surface area contributed by atoms with Crippen molar-refractivity contribution < 1.29 is 29.4 Å². The van der Waals surface area contributed by atoms with Crippen LogP contribution >= 0.6 is 0 Å². The predicted octanol–water partition coefficient (Wildman–Crippen LogP) is -0.381. The van der Waals surface area contributed by atoms with Crippen LogP contribution in [0.25, 0.3) is 0 Å². The molecule has 0 amide bonds. The molecule has 1 atom stereocenters. The Kier molecular flexibility index (Phi) is 7.81. The van der Waals surface area contributed by atoms with Crippen LogP contribution in [-0.2, 0) is 9.59 Å². The van der Waals surface area contributed by atoms with E-state index in [1.807, 2.05) is 21.1 Å². The van der Waals surface area contributed by atoms with E-state index >= 15 is 0 Å². The highest BCUT2D eigenvalue weighted by Crippen LogP contribution is 1.98. The van der Waals surface area contributed by atoms with Crippen molar-refractivity contribution in [2.45, 2.75) is 19.4 Å². The van der Waals surface area contributed by atoms with Crippen LogP contribution < -0.4 is 0 Å². The molecule has 6 heteroatoms. The third-order valence-electron chi connectivity index (χ3n) is 1.17. The fourth-order valence-corrected chi connectivity index (χ4v) is 0.898. The minimum absolute atomic E-state index is 0.171. The van der Waals surface area contributed by atoms with Crippen LogP contribution in [0.4, 0.5) is 0 Å². The van der Waals surface area contributed by atoms with E-state index in [1.54, 1.807) is 0 Å². The van der Waals surface area contributed by atoms with E-state index in [0.29, 0.717) is 11.0 Å². The van der Waals surface area contributed by atoms with Gasteiger partial charge in [0.2, 0.25) is 0 Å². The largest absolute Gasteiger partial charge is 0.481 e. The summed E-state index contributed by atoms with van der Waals surface area (Å²) in [4.78, 5) is 19.1. The summed E-state index contributed by atoms with van der Waals surface area (Å²) >= 11 is 0. The molecule has 0 aromatic carbocycles.